The molecule has 2 aromatic heterocycles. The quantitative estimate of drug-likeness (QED) is 0.359. The van der Waals surface area contributed by atoms with Crippen molar-refractivity contribution in [2.24, 2.45) is 0 Å². The number of ether oxygens (including phenoxy) is 1. The number of H-pyrrole nitrogens is 1. The van der Waals surface area contributed by atoms with Crippen LogP contribution in [0, 0.1) is 37.9 Å². The number of carbonyl (C=O) groups excluding carboxylic acids is 1. The molecule has 0 amide bonds. The molecule has 0 fully saturated rings. The van der Waals surface area contributed by atoms with Gasteiger partial charge in [0.25, 0.3) is 0 Å². The Morgan fingerprint density at radius 2 is 2.03 bits per heavy atom. The maximum atomic E-state index is 15.3. The van der Waals surface area contributed by atoms with Gasteiger partial charge in [-0.05, 0) is 56.2 Å². The molecule has 0 unspecified atom stereocenters. The van der Waals surface area contributed by atoms with Gasteiger partial charge in [-0.25, -0.2) is 4.39 Å². The molecule has 4 aromatic rings. The number of hydrogen-bond acceptors (Lipinski definition) is 6. The van der Waals surface area contributed by atoms with Gasteiger partial charge in [0.05, 0.1) is 34.3 Å². The highest BCUT2D eigenvalue weighted by molar-refractivity contribution is 6.32. The number of aldehydes is 1. The highest BCUT2D eigenvalue weighted by Crippen LogP contribution is 2.35. The van der Waals surface area contributed by atoms with E-state index in [9.17, 15) is 4.79 Å². The van der Waals surface area contributed by atoms with E-state index in [1.807, 2.05) is 6.07 Å². The smallest absolute Gasteiger partial charge is 0.249 e. The monoisotopic (exact) mass is 464 g/mol. The van der Waals surface area contributed by atoms with Crippen molar-refractivity contribution in [1.29, 1.82) is 5.26 Å². The molecule has 4 rings (SSSR count). The van der Waals surface area contributed by atoms with E-state index in [2.05, 4.69) is 15.2 Å². The van der Waals surface area contributed by atoms with E-state index in [1.165, 1.54) is 18.2 Å². The first-order chi connectivity index (χ1) is 15.8. The molecular formula is C24H18ClFN4O3. The number of carbonyl (C=O) groups is 1. The van der Waals surface area contributed by atoms with Crippen molar-refractivity contribution < 1.29 is 18.3 Å². The lowest BCUT2D eigenvalue weighted by atomic mass is 10.1. The molecule has 2 heterocycles. The Hall–Kier alpha value is -3.96. The van der Waals surface area contributed by atoms with E-state index in [0.717, 1.165) is 11.8 Å². The topological polar surface area (TPSA) is 105 Å². The summed E-state index contributed by atoms with van der Waals surface area (Å²) in [5.41, 5.74) is 3.92. The van der Waals surface area contributed by atoms with Gasteiger partial charge in [0.1, 0.15) is 5.75 Å². The number of aromatic amines is 1. The number of halogens is 2. The van der Waals surface area contributed by atoms with E-state index < -0.39 is 5.82 Å². The zero-order valence-electron chi connectivity index (χ0n) is 18.0. The third kappa shape index (κ3) is 4.36. The molecule has 9 heteroatoms. The van der Waals surface area contributed by atoms with E-state index >= 15 is 4.39 Å². The molecule has 0 aliphatic heterocycles. The van der Waals surface area contributed by atoms with Crippen LogP contribution in [0.3, 0.4) is 0 Å². The van der Waals surface area contributed by atoms with E-state index in [1.54, 1.807) is 32.9 Å². The summed E-state index contributed by atoms with van der Waals surface area (Å²) in [6.07, 6.45) is 0.730. The SMILES string of the molecule is Cc1cc(C#N)cc(Oc2c(Cl)ccc(Cc3nnc(-c4c(C)[nH]c(C=O)c4C)o3)c2F)c1. The molecule has 0 radical (unpaired) electrons. The molecule has 0 saturated carbocycles. The fourth-order valence-electron chi connectivity index (χ4n) is 3.59. The Bertz CT molecular complexity index is 1420. The van der Waals surface area contributed by atoms with E-state index in [0.29, 0.717) is 33.8 Å². The second kappa shape index (κ2) is 8.88. The third-order valence-corrected chi connectivity index (χ3v) is 5.44. The molecule has 2 aromatic carbocycles. The largest absolute Gasteiger partial charge is 0.453 e. The number of nitriles is 1. The second-order valence-corrected chi connectivity index (χ2v) is 7.96. The van der Waals surface area contributed by atoms with Gasteiger partial charge in [-0.1, -0.05) is 17.7 Å². The standard InChI is InChI=1S/C24H18ClFN4O3/c1-12-6-15(10-27)8-17(7-12)32-23-18(25)5-4-16(22(23)26)9-20-29-30-24(33-20)21-13(2)19(11-31)28-14(21)3/h4-8,11,28H,9H2,1-3H3. The number of aryl methyl sites for hydroxylation is 2. The average Bonchev–Trinajstić information content (AvgIpc) is 3.35. The molecule has 0 bridgehead atoms. The van der Waals surface area contributed by atoms with Gasteiger partial charge in [0.2, 0.25) is 11.8 Å². The first kappa shape index (κ1) is 22.2. The fraction of sp³-hybridized carbons (Fsp3) is 0.167. The molecule has 0 aliphatic rings. The summed E-state index contributed by atoms with van der Waals surface area (Å²) in [6, 6.07) is 9.96. The zero-order chi connectivity index (χ0) is 23.7. The van der Waals surface area contributed by atoms with Gasteiger partial charge in [-0.2, -0.15) is 5.26 Å². The van der Waals surface area contributed by atoms with Crippen LogP contribution in [0.4, 0.5) is 4.39 Å². The molecular weight excluding hydrogens is 447 g/mol. The van der Waals surface area contributed by atoms with Crippen LogP contribution in [0.15, 0.2) is 34.7 Å². The second-order valence-electron chi connectivity index (χ2n) is 7.56. The van der Waals surface area contributed by atoms with Gasteiger partial charge in [-0.15, -0.1) is 10.2 Å². The summed E-state index contributed by atoms with van der Waals surface area (Å²) in [4.78, 5) is 14.1. The average molecular weight is 465 g/mol. The van der Waals surface area contributed by atoms with Gasteiger partial charge in [0.15, 0.2) is 17.9 Å². The Morgan fingerprint density at radius 3 is 2.73 bits per heavy atom. The number of aromatic nitrogens is 3. The van der Waals surface area contributed by atoms with Gasteiger partial charge in [0, 0.05) is 11.3 Å². The predicted octanol–water partition coefficient (Wildman–Crippen LogP) is 5.85. The van der Waals surface area contributed by atoms with Crippen LogP contribution in [0.25, 0.3) is 11.5 Å². The highest BCUT2D eigenvalue weighted by atomic mass is 35.5. The Labute approximate surface area is 193 Å². The first-order valence-corrected chi connectivity index (χ1v) is 10.3. The van der Waals surface area contributed by atoms with Crippen LogP contribution >= 0.6 is 11.6 Å². The van der Waals surface area contributed by atoms with Crippen LogP contribution in [0.1, 0.15) is 44.3 Å². The first-order valence-electron chi connectivity index (χ1n) is 9.94. The van der Waals surface area contributed by atoms with Crippen LogP contribution in [0.5, 0.6) is 11.5 Å². The molecule has 0 aliphatic carbocycles. The fourth-order valence-corrected chi connectivity index (χ4v) is 3.78. The number of nitrogens with one attached hydrogen (secondary N) is 1. The Balaban J connectivity index is 1.63. The number of rotatable bonds is 6. The lowest BCUT2D eigenvalue weighted by Gasteiger charge is -2.12. The lowest BCUT2D eigenvalue weighted by Crippen LogP contribution is -1.98. The van der Waals surface area contributed by atoms with Crippen molar-refractivity contribution in [3.8, 4) is 29.0 Å². The van der Waals surface area contributed by atoms with Gasteiger partial charge >= 0.3 is 0 Å². The van der Waals surface area contributed by atoms with Crippen LogP contribution < -0.4 is 4.74 Å². The lowest BCUT2D eigenvalue weighted by molar-refractivity contribution is 0.111. The molecule has 33 heavy (non-hydrogen) atoms. The minimum atomic E-state index is -0.667. The zero-order valence-corrected chi connectivity index (χ0v) is 18.7. The van der Waals surface area contributed by atoms with Crippen molar-refractivity contribution in [3.05, 3.63) is 80.7 Å². The Morgan fingerprint density at radius 1 is 1.24 bits per heavy atom. The molecule has 166 valence electrons. The van der Waals surface area contributed by atoms with Gasteiger partial charge < -0.3 is 14.1 Å². The van der Waals surface area contributed by atoms with Crippen molar-refractivity contribution >= 4 is 17.9 Å². The Kier molecular flexibility index (Phi) is 5.99. The van der Waals surface area contributed by atoms with E-state index in [-0.39, 0.29) is 34.5 Å². The van der Waals surface area contributed by atoms with Crippen LogP contribution in [-0.2, 0) is 6.42 Å². The van der Waals surface area contributed by atoms with Crippen molar-refractivity contribution in [3.63, 3.8) is 0 Å². The number of nitrogens with zero attached hydrogens (tertiary/aromatic N) is 3. The summed E-state index contributed by atoms with van der Waals surface area (Å²) >= 11 is 6.19. The van der Waals surface area contributed by atoms with Crippen molar-refractivity contribution in [2.45, 2.75) is 27.2 Å². The minimum Gasteiger partial charge on any atom is -0.453 e. The predicted molar refractivity (Wildman–Crippen MR) is 119 cm³/mol. The van der Waals surface area contributed by atoms with Crippen LogP contribution in [-0.4, -0.2) is 21.5 Å². The molecule has 7 nitrogen and oxygen atoms in total. The summed E-state index contributed by atoms with van der Waals surface area (Å²) in [5, 5.41) is 17.3. The maximum Gasteiger partial charge on any atom is 0.249 e. The molecule has 0 spiro atoms. The number of hydrogen-bond donors (Lipinski definition) is 1. The normalized spacial score (nSPS) is 10.8. The molecule has 1 N–H and O–H groups in total. The highest BCUT2D eigenvalue weighted by Gasteiger charge is 2.21. The summed E-state index contributed by atoms with van der Waals surface area (Å²) < 4.78 is 26.7. The maximum absolute atomic E-state index is 15.3. The van der Waals surface area contributed by atoms with Crippen LogP contribution in [0.2, 0.25) is 5.02 Å². The van der Waals surface area contributed by atoms with Crippen molar-refractivity contribution in [2.75, 3.05) is 0 Å². The third-order valence-electron chi connectivity index (χ3n) is 5.15. The van der Waals surface area contributed by atoms with Crippen molar-refractivity contribution in [1.82, 2.24) is 15.2 Å². The molecule has 0 atom stereocenters. The molecule has 0 saturated heterocycles. The summed E-state index contributed by atoms with van der Waals surface area (Å²) in [7, 11) is 0. The minimum absolute atomic E-state index is 0.00663. The van der Waals surface area contributed by atoms with Gasteiger partial charge in [-0.3, -0.25) is 4.79 Å². The summed E-state index contributed by atoms with van der Waals surface area (Å²) in [6.45, 7) is 5.38. The number of benzene rings is 2. The summed E-state index contributed by atoms with van der Waals surface area (Å²) in [5.74, 6) is -0.101. The van der Waals surface area contributed by atoms with E-state index in [4.69, 9.17) is 26.0 Å².